The summed E-state index contributed by atoms with van der Waals surface area (Å²) in [6.45, 7) is 3.61. The number of halogens is 1. The molecular weight excluding hydrogens is 273 g/mol. The lowest BCUT2D eigenvalue weighted by molar-refractivity contribution is -0.138. The van der Waals surface area contributed by atoms with Crippen molar-refractivity contribution in [1.82, 2.24) is 0 Å². The van der Waals surface area contributed by atoms with Gasteiger partial charge >= 0.3 is 16.5 Å². The Balaban J connectivity index is 0.000000388. The number of aliphatic carboxylic acids is 1. The second-order valence-corrected chi connectivity index (χ2v) is 4.75. The Bertz CT molecular complexity index is 506. The van der Waals surface area contributed by atoms with E-state index in [1.807, 2.05) is 0 Å². The topological polar surface area (TPSA) is 83.8 Å². The first-order chi connectivity index (χ1) is 8.82. The predicted octanol–water partition coefficient (Wildman–Crippen LogP) is 2.37. The van der Waals surface area contributed by atoms with Crippen molar-refractivity contribution in [3.63, 3.8) is 0 Å². The molecule has 0 aliphatic heterocycles. The largest absolute Gasteiger partial charge is 0.480 e. The lowest BCUT2D eigenvalue weighted by atomic mass is 10.1. The minimum absolute atomic E-state index is 0.110. The number of carboxylic acid groups (broad SMARTS) is 1. The number of carbonyl (C=O) groups is 1. The molecule has 0 radical (unpaired) electrons. The number of carboxylic acids is 1. The molecule has 19 heavy (non-hydrogen) atoms. The maximum absolute atomic E-state index is 11.9. The van der Waals surface area contributed by atoms with Crippen LogP contribution < -0.4 is 0 Å². The molecule has 1 aromatic rings. The van der Waals surface area contributed by atoms with Gasteiger partial charge in [-0.2, -0.15) is 12.8 Å². The number of rotatable bonds is 4. The molecule has 106 valence electrons. The third-order valence-corrected chi connectivity index (χ3v) is 2.35. The fourth-order valence-electron chi connectivity index (χ4n) is 1.15. The fourth-order valence-corrected chi connectivity index (χ4v) is 1.54. The van der Waals surface area contributed by atoms with Gasteiger partial charge in [0.1, 0.15) is 5.82 Å². The summed E-state index contributed by atoms with van der Waals surface area (Å²) < 4.78 is 35.1. The van der Waals surface area contributed by atoms with Crippen molar-refractivity contribution in [3.05, 3.63) is 36.1 Å². The van der Waals surface area contributed by atoms with Crippen LogP contribution in [0.25, 0.3) is 0 Å². The third kappa shape index (κ3) is 9.90. The second-order valence-electron chi connectivity index (χ2n) is 4.10. The first-order valence-electron chi connectivity index (χ1n) is 5.56. The highest BCUT2D eigenvalue weighted by Gasteiger charge is 2.17. The first kappa shape index (κ1) is 17.2. The minimum atomic E-state index is -2.64. The van der Waals surface area contributed by atoms with Gasteiger partial charge in [0.15, 0.2) is 6.04 Å². The molecule has 0 amide bonds. The summed E-state index contributed by atoms with van der Waals surface area (Å²) in [6.07, 6.45) is 0.239. The second kappa shape index (κ2) is 9.21. The maximum Gasteiger partial charge on any atom is 0.329 e. The smallest absolute Gasteiger partial charge is 0.329 e. The molecule has 7 heteroatoms. The van der Waals surface area contributed by atoms with Crippen LogP contribution in [0.5, 0.6) is 0 Å². The Morgan fingerprint density at radius 1 is 1.32 bits per heavy atom. The van der Waals surface area contributed by atoms with Crippen molar-refractivity contribution in [1.29, 1.82) is 0 Å². The normalized spacial score (nSPS) is 11.2. The zero-order valence-electron chi connectivity index (χ0n) is 10.7. The lowest BCUT2D eigenvalue weighted by Gasteiger charge is -2.06. The van der Waals surface area contributed by atoms with E-state index in [4.69, 9.17) is 5.11 Å². The van der Waals surface area contributed by atoms with Gasteiger partial charge in [0.25, 0.3) is 0 Å². The molecule has 0 heterocycles. The molecule has 0 fully saturated rings. The van der Waals surface area contributed by atoms with E-state index in [1.54, 1.807) is 32.0 Å². The van der Waals surface area contributed by atoms with Crippen LogP contribution in [0.4, 0.5) is 4.39 Å². The van der Waals surface area contributed by atoms with E-state index in [9.17, 15) is 17.6 Å². The van der Waals surface area contributed by atoms with Crippen molar-refractivity contribution >= 4 is 16.5 Å². The summed E-state index contributed by atoms with van der Waals surface area (Å²) in [4.78, 5) is 10.4. The zero-order chi connectivity index (χ0) is 14.8. The van der Waals surface area contributed by atoms with E-state index in [0.717, 1.165) is 0 Å². The van der Waals surface area contributed by atoms with Crippen molar-refractivity contribution in [2.75, 3.05) is 0 Å². The molecule has 0 aromatic heterocycles. The minimum Gasteiger partial charge on any atom is -0.480 e. The van der Waals surface area contributed by atoms with Crippen molar-refractivity contribution in [3.8, 4) is 0 Å². The molecule has 0 aliphatic rings. The molecular formula is C12H16FNO4S. The van der Waals surface area contributed by atoms with Gasteiger partial charge in [-0.1, -0.05) is 32.0 Å². The molecule has 1 N–H and O–H groups in total. The standard InChI is InChI=1S/C6H5F.C6H11NO4S/c7-6-4-2-1-3-5-6;1-4(2)3-5(6(8)9)7-12(10)11/h1-5H;4-5H,3H2,1-2H3,(H,8,9). The summed E-state index contributed by atoms with van der Waals surface area (Å²) in [5, 5.41) is 8.50. The maximum atomic E-state index is 11.9. The summed E-state index contributed by atoms with van der Waals surface area (Å²) in [6, 6.07) is 6.80. The van der Waals surface area contributed by atoms with Crippen LogP contribution in [0.2, 0.25) is 0 Å². The van der Waals surface area contributed by atoms with Gasteiger partial charge in [0.2, 0.25) is 0 Å². The quantitative estimate of drug-likeness (QED) is 0.922. The van der Waals surface area contributed by atoms with E-state index < -0.39 is 22.5 Å². The van der Waals surface area contributed by atoms with Gasteiger partial charge < -0.3 is 5.11 Å². The molecule has 1 unspecified atom stereocenters. The zero-order valence-corrected chi connectivity index (χ0v) is 11.5. The Morgan fingerprint density at radius 2 is 1.84 bits per heavy atom. The molecule has 1 rings (SSSR count). The molecule has 0 bridgehead atoms. The first-order valence-corrected chi connectivity index (χ1v) is 6.59. The van der Waals surface area contributed by atoms with Gasteiger partial charge in [0.05, 0.1) is 0 Å². The molecule has 1 atom stereocenters. The van der Waals surface area contributed by atoms with Crippen LogP contribution >= 0.6 is 0 Å². The van der Waals surface area contributed by atoms with Gasteiger partial charge in [-0.15, -0.1) is 0 Å². The average Bonchev–Trinajstić information content (AvgIpc) is 2.28. The van der Waals surface area contributed by atoms with Gasteiger partial charge in [0, 0.05) is 0 Å². The number of hydrogen-bond acceptors (Lipinski definition) is 4. The third-order valence-electron chi connectivity index (χ3n) is 1.93. The number of nitrogens with zero attached hydrogens (tertiary/aromatic N) is 1. The van der Waals surface area contributed by atoms with E-state index in [2.05, 4.69) is 4.36 Å². The van der Waals surface area contributed by atoms with Gasteiger partial charge in [-0.25, -0.2) is 9.18 Å². The predicted molar refractivity (Wildman–Crippen MR) is 68.6 cm³/mol. The molecule has 0 aliphatic carbocycles. The van der Waals surface area contributed by atoms with Crippen LogP contribution in [0, 0.1) is 11.7 Å². The van der Waals surface area contributed by atoms with E-state index in [1.165, 1.54) is 12.1 Å². The molecule has 0 spiro atoms. The van der Waals surface area contributed by atoms with Crippen molar-refractivity contribution in [2.45, 2.75) is 26.3 Å². The van der Waals surface area contributed by atoms with Crippen molar-refractivity contribution < 1.29 is 22.7 Å². The lowest BCUT2D eigenvalue weighted by Crippen LogP contribution is -2.19. The summed E-state index contributed by atoms with van der Waals surface area (Å²) in [5.74, 6) is -1.27. The summed E-state index contributed by atoms with van der Waals surface area (Å²) in [5.41, 5.74) is 0. The number of hydrogen-bond donors (Lipinski definition) is 1. The molecule has 5 nitrogen and oxygen atoms in total. The van der Waals surface area contributed by atoms with Gasteiger partial charge in [-0.05, 0) is 24.5 Å². The van der Waals surface area contributed by atoms with Gasteiger partial charge in [-0.3, -0.25) is 0 Å². The SMILES string of the molecule is CC(C)CC(N=S(=O)=O)C(=O)O.Fc1ccccc1. The van der Waals surface area contributed by atoms with Crippen LogP contribution in [-0.2, 0) is 15.3 Å². The summed E-state index contributed by atoms with van der Waals surface area (Å²) in [7, 11) is -2.64. The van der Waals surface area contributed by atoms with Crippen LogP contribution in [-0.4, -0.2) is 25.5 Å². The highest BCUT2D eigenvalue weighted by molar-refractivity contribution is 7.61. The highest BCUT2D eigenvalue weighted by atomic mass is 32.2. The Morgan fingerprint density at radius 3 is 2.11 bits per heavy atom. The monoisotopic (exact) mass is 289 g/mol. The molecule has 0 saturated heterocycles. The molecule has 1 aromatic carbocycles. The van der Waals surface area contributed by atoms with Crippen LogP contribution in [0.3, 0.4) is 0 Å². The van der Waals surface area contributed by atoms with E-state index in [-0.39, 0.29) is 18.2 Å². The highest BCUT2D eigenvalue weighted by Crippen LogP contribution is 2.07. The Hall–Kier alpha value is -1.76. The fraction of sp³-hybridized carbons (Fsp3) is 0.417. The van der Waals surface area contributed by atoms with E-state index >= 15 is 0 Å². The van der Waals surface area contributed by atoms with Crippen LogP contribution in [0.1, 0.15) is 20.3 Å². The molecule has 0 saturated carbocycles. The Labute approximate surface area is 112 Å². The number of benzene rings is 1. The average molecular weight is 289 g/mol. The van der Waals surface area contributed by atoms with E-state index in [0.29, 0.717) is 0 Å². The van der Waals surface area contributed by atoms with Crippen LogP contribution in [0.15, 0.2) is 34.7 Å². The Kier molecular flexibility index (Phi) is 8.35. The summed E-state index contributed by atoms with van der Waals surface area (Å²) >= 11 is 0. The van der Waals surface area contributed by atoms with Crippen molar-refractivity contribution in [2.24, 2.45) is 10.3 Å².